The zero-order chi connectivity index (χ0) is 16.2. The van der Waals surface area contributed by atoms with Crippen LogP contribution in [0.4, 0.5) is 5.69 Å². The molecule has 2 N–H and O–H groups in total. The molecule has 1 rings (SSSR count). The number of rotatable bonds is 6. The number of hydrogen-bond donors (Lipinski definition) is 2. The van der Waals surface area contributed by atoms with Gasteiger partial charge in [-0.3, -0.25) is 9.59 Å². The van der Waals surface area contributed by atoms with Gasteiger partial charge in [0.1, 0.15) is 6.54 Å². The fourth-order valence-electron chi connectivity index (χ4n) is 2.01. The Morgan fingerprint density at radius 3 is 2.05 bits per heavy atom. The molecule has 1 atom stereocenters. The van der Waals surface area contributed by atoms with Crippen LogP contribution >= 0.6 is 0 Å². The Bertz CT molecular complexity index is 502. The van der Waals surface area contributed by atoms with Crippen LogP contribution in [-0.2, 0) is 15.0 Å². The lowest BCUT2D eigenvalue weighted by Gasteiger charge is -2.26. The second-order valence-electron chi connectivity index (χ2n) is 6.31. The zero-order valence-corrected chi connectivity index (χ0v) is 13.0. The Morgan fingerprint density at radius 2 is 1.67 bits per heavy atom. The Labute approximate surface area is 125 Å². The molecule has 0 aliphatic heterocycles. The van der Waals surface area contributed by atoms with Gasteiger partial charge in [-0.05, 0) is 23.1 Å². The molecule has 0 saturated carbocycles. The molecule has 0 amide bonds. The van der Waals surface area contributed by atoms with Crippen molar-refractivity contribution in [1.29, 1.82) is 0 Å². The molecule has 0 spiro atoms. The molecule has 0 heterocycles. The Kier molecular flexibility index (Phi) is 5.35. The molecule has 5 heteroatoms. The monoisotopic (exact) mass is 293 g/mol. The first-order valence-corrected chi connectivity index (χ1v) is 6.91. The van der Waals surface area contributed by atoms with Gasteiger partial charge in [0.15, 0.2) is 0 Å². The van der Waals surface area contributed by atoms with Crippen molar-refractivity contribution in [1.82, 2.24) is 0 Å². The predicted molar refractivity (Wildman–Crippen MR) is 81.8 cm³/mol. The molecule has 116 valence electrons. The number of carbonyl (C=O) groups is 2. The van der Waals surface area contributed by atoms with Gasteiger partial charge in [-0.25, -0.2) is 0 Å². The van der Waals surface area contributed by atoms with E-state index in [9.17, 15) is 9.59 Å². The maximum absolute atomic E-state index is 11.0. The topological polar surface area (TPSA) is 77.8 Å². The van der Waals surface area contributed by atoms with Crippen molar-refractivity contribution in [3.63, 3.8) is 0 Å². The highest BCUT2D eigenvalue weighted by Crippen LogP contribution is 2.25. The van der Waals surface area contributed by atoms with Crippen molar-refractivity contribution >= 4 is 17.6 Å². The normalized spacial score (nSPS) is 12.8. The summed E-state index contributed by atoms with van der Waals surface area (Å²) in [4.78, 5) is 23.5. The molecular weight excluding hydrogens is 270 g/mol. The van der Waals surface area contributed by atoms with Crippen LogP contribution < -0.4 is 4.90 Å². The van der Waals surface area contributed by atoms with Crippen molar-refractivity contribution < 1.29 is 19.8 Å². The van der Waals surface area contributed by atoms with Gasteiger partial charge in [0.2, 0.25) is 0 Å². The van der Waals surface area contributed by atoms with E-state index in [0.717, 1.165) is 11.3 Å². The molecule has 1 unspecified atom stereocenters. The largest absolute Gasteiger partial charge is 0.481 e. The highest BCUT2D eigenvalue weighted by atomic mass is 16.4. The maximum atomic E-state index is 11.0. The van der Waals surface area contributed by atoms with E-state index in [1.165, 1.54) is 0 Å². The highest BCUT2D eigenvalue weighted by molar-refractivity contribution is 5.75. The summed E-state index contributed by atoms with van der Waals surface area (Å²) in [5, 5.41) is 18.0. The number of aliphatic carboxylic acids is 2. The first kappa shape index (κ1) is 17.0. The lowest BCUT2D eigenvalue weighted by molar-refractivity contribution is -0.141. The van der Waals surface area contributed by atoms with Gasteiger partial charge in [0.05, 0.1) is 5.92 Å². The third-order valence-electron chi connectivity index (χ3n) is 3.34. The van der Waals surface area contributed by atoms with Crippen LogP contribution in [-0.4, -0.2) is 35.2 Å². The van der Waals surface area contributed by atoms with Crippen LogP contribution in [0.25, 0.3) is 0 Å². The summed E-state index contributed by atoms with van der Waals surface area (Å²) in [6, 6.07) is 7.60. The predicted octanol–water partition coefficient (Wildman–Crippen LogP) is 2.60. The summed E-state index contributed by atoms with van der Waals surface area (Å²) >= 11 is 0. The lowest BCUT2D eigenvalue weighted by Crippen LogP contribution is -2.35. The lowest BCUT2D eigenvalue weighted by atomic mass is 9.87. The van der Waals surface area contributed by atoms with E-state index in [1.807, 2.05) is 24.3 Å². The van der Waals surface area contributed by atoms with E-state index in [1.54, 1.807) is 11.8 Å². The first-order chi connectivity index (χ1) is 9.61. The third-order valence-corrected chi connectivity index (χ3v) is 3.34. The van der Waals surface area contributed by atoms with Gasteiger partial charge >= 0.3 is 11.9 Å². The molecule has 0 aromatic heterocycles. The van der Waals surface area contributed by atoms with Crippen molar-refractivity contribution in [2.24, 2.45) is 5.92 Å². The third kappa shape index (κ3) is 5.10. The van der Waals surface area contributed by atoms with Crippen LogP contribution in [0.5, 0.6) is 0 Å². The average Bonchev–Trinajstić information content (AvgIpc) is 2.36. The van der Waals surface area contributed by atoms with Crippen LogP contribution in [0.1, 0.15) is 33.3 Å². The van der Waals surface area contributed by atoms with Gasteiger partial charge in [0, 0.05) is 12.2 Å². The number of benzene rings is 1. The second kappa shape index (κ2) is 6.61. The van der Waals surface area contributed by atoms with Gasteiger partial charge in [-0.1, -0.05) is 39.8 Å². The van der Waals surface area contributed by atoms with Crippen LogP contribution in [0.15, 0.2) is 24.3 Å². The molecule has 1 aromatic rings. The smallest absolute Gasteiger partial charge is 0.323 e. The van der Waals surface area contributed by atoms with E-state index < -0.39 is 17.9 Å². The average molecular weight is 293 g/mol. The van der Waals surface area contributed by atoms with E-state index in [-0.39, 0.29) is 18.5 Å². The Hall–Kier alpha value is -2.04. The second-order valence-corrected chi connectivity index (χ2v) is 6.31. The molecule has 0 radical (unpaired) electrons. The standard InChI is InChI=1S/C16H23NO4/c1-11(15(20)21)9-17(10-14(18)19)13-7-5-12(6-8-13)16(2,3)4/h5-8,11H,9-10H2,1-4H3,(H,18,19)(H,20,21). The minimum Gasteiger partial charge on any atom is -0.481 e. The minimum atomic E-state index is -0.979. The van der Waals surface area contributed by atoms with Gasteiger partial charge in [0.25, 0.3) is 0 Å². The van der Waals surface area contributed by atoms with Gasteiger partial charge < -0.3 is 15.1 Å². The van der Waals surface area contributed by atoms with Gasteiger partial charge in [-0.2, -0.15) is 0 Å². The summed E-state index contributed by atoms with van der Waals surface area (Å²) in [5.41, 5.74) is 1.89. The van der Waals surface area contributed by atoms with Crippen LogP contribution in [0.3, 0.4) is 0 Å². The maximum Gasteiger partial charge on any atom is 0.323 e. The van der Waals surface area contributed by atoms with E-state index in [2.05, 4.69) is 20.8 Å². The summed E-state index contributed by atoms with van der Waals surface area (Å²) in [6.45, 7) is 7.82. The number of hydrogen-bond acceptors (Lipinski definition) is 3. The Balaban J connectivity index is 2.98. The summed E-state index contributed by atoms with van der Waals surface area (Å²) < 4.78 is 0. The van der Waals surface area contributed by atoms with Crippen LogP contribution in [0, 0.1) is 5.92 Å². The summed E-state index contributed by atoms with van der Waals surface area (Å²) in [6.07, 6.45) is 0. The first-order valence-electron chi connectivity index (χ1n) is 6.91. The van der Waals surface area contributed by atoms with Crippen molar-refractivity contribution in [3.05, 3.63) is 29.8 Å². The van der Waals surface area contributed by atoms with Gasteiger partial charge in [-0.15, -0.1) is 0 Å². The fourth-order valence-corrected chi connectivity index (χ4v) is 2.01. The van der Waals surface area contributed by atoms with Crippen LogP contribution in [0.2, 0.25) is 0 Å². The number of carboxylic acid groups (broad SMARTS) is 2. The molecule has 5 nitrogen and oxygen atoms in total. The molecule has 0 aliphatic rings. The van der Waals surface area contributed by atoms with Crippen molar-refractivity contribution in [2.45, 2.75) is 33.1 Å². The van der Waals surface area contributed by atoms with E-state index >= 15 is 0 Å². The van der Waals surface area contributed by atoms with Crippen molar-refractivity contribution in [2.75, 3.05) is 18.0 Å². The summed E-state index contributed by atoms with van der Waals surface area (Å²) in [5.74, 6) is -2.55. The number of anilines is 1. The molecule has 0 fully saturated rings. The molecule has 21 heavy (non-hydrogen) atoms. The molecule has 0 bridgehead atoms. The molecule has 0 aliphatic carbocycles. The minimum absolute atomic E-state index is 0.0184. The highest BCUT2D eigenvalue weighted by Gasteiger charge is 2.19. The molecule has 1 aromatic carbocycles. The number of nitrogens with zero attached hydrogens (tertiary/aromatic N) is 1. The number of carboxylic acids is 2. The fraction of sp³-hybridized carbons (Fsp3) is 0.500. The summed E-state index contributed by atoms with van der Waals surface area (Å²) in [7, 11) is 0. The molecular formula is C16H23NO4. The zero-order valence-electron chi connectivity index (χ0n) is 13.0. The quantitative estimate of drug-likeness (QED) is 0.843. The SMILES string of the molecule is CC(CN(CC(=O)O)c1ccc(C(C)(C)C)cc1)C(=O)O. The molecule has 0 saturated heterocycles. The van der Waals surface area contributed by atoms with E-state index in [4.69, 9.17) is 10.2 Å². The van der Waals surface area contributed by atoms with Crippen molar-refractivity contribution in [3.8, 4) is 0 Å². The Morgan fingerprint density at radius 1 is 1.14 bits per heavy atom. The van der Waals surface area contributed by atoms with E-state index in [0.29, 0.717) is 0 Å².